The largest absolute Gasteiger partial charge is 0.352 e. The highest BCUT2D eigenvalue weighted by Gasteiger charge is 2.06. The number of carbonyl (C=O) groups excluding carboxylic acids is 1. The molecular formula is C22H22N6O. The number of para-hydroxylation sites is 1. The maximum atomic E-state index is 12.2. The smallest absolute Gasteiger partial charge is 0.220 e. The van der Waals surface area contributed by atoms with Crippen molar-refractivity contribution in [2.45, 2.75) is 25.9 Å². The van der Waals surface area contributed by atoms with Crippen molar-refractivity contribution in [1.82, 2.24) is 29.9 Å². The molecular weight excluding hydrogens is 364 g/mol. The van der Waals surface area contributed by atoms with Gasteiger partial charge in [-0.1, -0.05) is 42.5 Å². The zero-order valence-electron chi connectivity index (χ0n) is 16.0. The van der Waals surface area contributed by atoms with Crippen LogP contribution >= 0.6 is 0 Å². The summed E-state index contributed by atoms with van der Waals surface area (Å²) in [5, 5.41) is 11.4. The van der Waals surface area contributed by atoms with Crippen molar-refractivity contribution in [2.75, 3.05) is 0 Å². The van der Waals surface area contributed by atoms with E-state index >= 15 is 0 Å². The molecule has 4 aromatic rings. The molecule has 0 radical (unpaired) electrons. The number of amides is 1. The molecule has 4 rings (SSSR count). The number of rotatable bonds is 8. The lowest BCUT2D eigenvalue weighted by Crippen LogP contribution is -2.22. The topological polar surface area (TPSA) is 77.6 Å². The molecule has 146 valence electrons. The number of nitrogens with one attached hydrogen (secondary N) is 1. The van der Waals surface area contributed by atoms with Gasteiger partial charge in [0.25, 0.3) is 0 Å². The molecule has 29 heavy (non-hydrogen) atoms. The van der Waals surface area contributed by atoms with E-state index in [4.69, 9.17) is 0 Å². The Hall–Kier alpha value is -3.74. The van der Waals surface area contributed by atoms with E-state index in [1.165, 1.54) is 6.33 Å². The summed E-state index contributed by atoms with van der Waals surface area (Å²) in [6, 6.07) is 18.1. The predicted octanol–water partition coefficient (Wildman–Crippen LogP) is 2.76. The molecule has 2 aromatic carbocycles. The van der Waals surface area contributed by atoms with E-state index in [-0.39, 0.29) is 5.91 Å². The van der Waals surface area contributed by atoms with Gasteiger partial charge in [0.2, 0.25) is 5.91 Å². The first-order valence-corrected chi connectivity index (χ1v) is 9.52. The highest BCUT2D eigenvalue weighted by Crippen LogP contribution is 2.10. The van der Waals surface area contributed by atoms with Crippen LogP contribution in [-0.4, -0.2) is 30.5 Å². The Morgan fingerprint density at radius 1 is 0.931 bits per heavy atom. The number of aryl methyl sites for hydroxylation is 1. The van der Waals surface area contributed by atoms with Crippen molar-refractivity contribution in [3.05, 3.63) is 96.3 Å². The van der Waals surface area contributed by atoms with E-state index in [1.807, 2.05) is 71.7 Å². The maximum absolute atomic E-state index is 12.2. The third kappa shape index (κ3) is 5.16. The fourth-order valence-electron chi connectivity index (χ4n) is 3.02. The summed E-state index contributed by atoms with van der Waals surface area (Å²) in [5.74, 6) is 0.0316. The van der Waals surface area contributed by atoms with Gasteiger partial charge in [-0.15, -0.1) is 0 Å². The van der Waals surface area contributed by atoms with Gasteiger partial charge in [-0.05, 0) is 35.2 Å². The minimum atomic E-state index is 0.0316. The minimum Gasteiger partial charge on any atom is -0.352 e. The van der Waals surface area contributed by atoms with Crippen molar-refractivity contribution in [2.24, 2.45) is 0 Å². The molecule has 7 nitrogen and oxygen atoms in total. The van der Waals surface area contributed by atoms with Gasteiger partial charge in [-0.25, -0.2) is 14.3 Å². The molecule has 0 saturated carbocycles. The SMILES string of the molecule is O=C(CCc1cnn(-c2ccccc2)c1)NCc1ccc(Cn2cncn2)cc1. The monoisotopic (exact) mass is 386 g/mol. The van der Waals surface area contributed by atoms with Crippen LogP contribution < -0.4 is 5.32 Å². The summed E-state index contributed by atoms with van der Waals surface area (Å²) < 4.78 is 3.60. The maximum Gasteiger partial charge on any atom is 0.220 e. The molecule has 0 fully saturated rings. The molecule has 1 N–H and O–H groups in total. The standard InChI is InChI=1S/C22H22N6O/c29-22(11-10-20-13-25-28(15-20)21-4-2-1-3-5-21)24-12-18-6-8-19(9-7-18)14-27-17-23-16-26-27/h1-9,13,15-17H,10-12,14H2,(H,24,29). The molecule has 7 heteroatoms. The van der Waals surface area contributed by atoms with Crippen LogP contribution in [0.5, 0.6) is 0 Å². The second kappa shape index (κ2) is 8.97. The number of aromatic nitrogens is 5. The first kappa shape index (κ1) is 18.6. The Balaban J connectivity index is 1.22. The van der Waals surface area contributed by atoms with Gasteiger partial charge in [0.05, 0.1) is 18.4 Å². The van der Waals surface area contributed by atoms with Crippen molar-refractivity contribution in [3.63, 3.8) is 0 Å². The average molecular weight is 386 g/mol. The molecule has 0 aliphatic carbocycles. The number of carbonyl (C=O) groups is 1. The van der Waals surface area contributed by atoms with Crippen molar-refractivity contribution < 1.29 is 4.79 Å². The van der Waals surface area contributed by atoms with E-state index in [0.29, 0.717) is 25.9 Å². The van der Waals surface area contributed by atoms with Gasteiger partial charge in [-0.3, -0.25) is 4.79 Å². The van der Waals surface area contributed by atoms with Gasteiger partial charge in [0.15, 0.2) is 0 Å². The Bertz CT molecular complexity index is 1040. The summed E-state index contributed by atoms with van der Waals surface area (Å²) in [6.07, 6.45) is 8.10. The van der Waals surface area contributed by atoms with Crippen molar-refractivity contribution in [1.29, 1.82) is 0 Å². The van der Waals surface area contributed by atoms with Gasteiger partial charge < -0.3 is 5.32 Å². The average Bonchev–Trinajstić information content (AvgIpc) is 3.45. The molecule has 2 aromatic heterocycles. The molecule has 0 aliphatic heterocycles. The Morgan fingerprint density at radius 3 is 2.48 bits per heavy atom. The number of hydrogen-bond donors (Lipinski definition) is 1. The number of hydrogen-bond acceptors (Lipinski definition) is 4. The van der Waals surface area contributed by atoms with Crippen molar-refractivity contribution >= 4 is 5.91 Å². The van der Waals surface area contributed by atoms with E-state index < -0.39 is 0 Å². The Labute approximate surface area is 169 Å². The van der Waals surface area contributed by atoms with Crippen LogP contribution in [0.3, 0.4) is 0 Å². The lowest BCUT2D eigenvalue weighted by molar-refractivity contribution is -0.121. The summed E-state index contributed by atoms with van der Waals surface area (Å²) in [6.45, 7) is 1.20. The van der Waals surface area contributed by atoms with E-state index in [1.54, 1.807) is 11.0 Å². The summed E-state index contributed by atoms with van der Waals surface area (Å²) >= 11 is 0. The number of nitrogens with zero attached hydrogens (tertiary/aromatic N) is 5. The lowest BCUT2D eigenvalue weighted by atomic mass is 10.1. The molecule has 0 atom stereocenters. The van der Waals surface area contributed by atoms with Gasteiger partial charge in [0.1, 0.15) is 12.7 Å². The van der Waals surface area contributed by atoms with Crippen LogP contribution in [0.2, 0.25) is 0 Å². The normalized spacial score (nSPS) is 10.8. The quantitative estimate of drug-likeness (QED) is 0.505. The first-order chi connectivity index (χ1) is 14.3. The van der Waals surface area contributed by atoms with Crippen LogP contribution in [-0.2, 0) is 24.3 Å². The highest BCUT2D eigenvalue weighted by molar-refractivity contribution is 5.76. The minimum absolute atomic E-state index is 0.0316. The molecule has 1 amide bonds. The van der Waals surface area contributed by atoms with Crippen LogP contribution in [0.1, 0.15) is 23.1 Å². The van der Waals surface area contributed by atoms with Gasteiger partial charge in [-0.2, -0.15) is 10.2 Å². The fraction of sp³-hybridized carbons (Fsp3) is 0.182. The van der Waals surface area contributed by atoms with E-state index in [9.17, 15) is 4.79 Å². The third-order valence-corrected chi connectivity index (χ3v) is 4.62. The fourth-order valence-corrected chi connectivity index (χ4v) is 3.02. The highest BCUT2D eigenvalue weighted by atomic mass is 16.1. The molecule has 0 unspecified atom stereocenters. The third-order valence-electron chi connectivity index (χ3n) is 4.62. The second-order valence-corrected chi connectivity index (χ2v) is 6.81. The second-order valence-electron chi connectivity index (χ2n) is 6.81. The van der Waals surface area contributed by atoms with E-state index in [0.717, 1.165) is 22.4 Å². The summed E-state index contributed by atoms with van der Waals surface area (Å²) in [5.41, 5.74) is 4.26. The zero-order valence-corrected chi connectivity index (χ0v) is 16.0. The Kier molecular flexibility index (Phi) is 5.76. The van der Waals surface area contributed by atoms with Gasteiger partial charge >= 0.3 is 0 Å². The summed E-state index contributed by atoms with van der Waals surface area (Å²) in [4.78, 5) is 16.1. The van der Waals surface area contributed by atoms with Crippen LogP contribution in [0.15, 0.2) is 79.6 Å². The first-order valence-electron chi connectivity index (χ1n) is 9.52. The van der Waals surface area contributed by atoms with Crippen LogP contribution in [0, 0.1) is 0 Å². The van der Waals surface area contributed by atoms with Crippen LogP contribution in [0.4, 0.5) is 0 Å². The Morgan fingerprint density at radius 2 is 1.72 bits per heavy atom. The molecule has 0 spiro atoms. The lowest BCUT2D eigenvalue weighted by Gasteiger charge is -2.06. The summed E-state index contributed by atoms with van der Waals surface area (Å²) in [7, 11) is 0. The van der Waals surface area contributed by atoms with E-state index in [2.05, 4.69) is 20.5 Å². The zero-order chi connectivity index (χ0) is 19.9. The van der Waals surface area contributed by atoms with Crippen LogP contribution in [0.25, 0.3) is 5.69 Å². The predicted molar refractivity (Wildman–Crippen MR) is 109 cm³/mol. The molecule has 0 aliphatic rings. The molecule has 0 saturated heterocycles. The molecule has 2 heterocycles. The van der Waals surface area contributed by atoms with Gasteiger partial charge in [0, 0.05) is 19.2 Å². The number of benzene rings is 2. The van der Waals surface area contributed by atoms with Crippen molar-refractivity contribution in [3.8, 4) is 5.69 Å². The molecule has 0 bridgehead atoms.